The van der Waals surface area contributed by atoms with Gasteiger partial charge in [-0.15, -0.1) is 0 Å². The number of amides is 2. The van der Waals surface area contributed by atoms with E-state index in [2.05, 4.69) is 0 Å². The Morgan fingerprint density at radius 3 is 2.31 bits per heavy atom. The van der Waals surface area contributed by atoms with Crippen LogP contribution >= 0.6 is 12.2 Å². The van der Waals surface area contributed by atoms with Crippen molar-refractivity contribution in [3.8, 4) is 5.69 Å². The van der Waals surface area contributed by atoms with Crippen LogP contribution in [0.15, 0.2) is 60.2 Å². The normalized spacial score (nSPS) is 15.2. The zero-order valence-electron chi connectivity index (χ0n) is 20.6. The fourth-order valence-electron chi connectivity index (χ4n) is 4.50. The molecule has 1 aliphatic rings. The van der Waals surface area contributed by atoms with Gasteiger partial charge in [0.1, 0.15) is 5.57 Å². The number of carboxylic acids is 1. The number of carbonyl (C=O) groups is 3. The van der Waals surface area contributed by atoms with Crippen molar-refractivity contribution in [2.45, 2.75) is 34.1 Å². The molecule has 2 aromatic carbocycles. The first-order valence-electron chi connectivity index (χ1n) is 11.7. The lowest BCUT2D eigenvalue weighted by Crippen LogP contribution is -2.56. The Kier molecular flexibility index (Phi) is 6.90. The third-order valence-corrected chi connectivity index (χ3v) is 6.65. The van der Waals surface area contributed by atoms with Gasteiger partial charge in [-0.3, -0.25) is 19.4 Å². The molecule has 1 fully saturated rings. The number of aromatic nitrogens is 1. The number of carboxylic acid groups (broad SMARTS) is 1. The van der Waals surface area contributed by atoms with E-state index in [1.54, 1.807) is 36.4 Å². The van der Waals surface area contributed by atoms with E-state index in [1.165, 1.54) is 9.80 Å². The average molecular weight is 502 g/mol. The van der Waals surface area contributed by atoms with Crippen LogP contribution in [0, 0.1) is 20.8 Å². The zero-order valence-corrected chi connectivity index (χ0v) is 21.4. The Labute approximate surface area is 215 Å². The van der Waals surface area contributed by atoms with Crippen molar-refractivity contribution in [3.05, 3.63) is 88.2 Å². The minimum atomic E-state index is -0.983. The van der Waals surface area contributed by atoms with Crippen molar-refractivity contribution in [3.63, 3.8) is 0 Å². The van der Waals surface area contributed by atoms with E-state index in [0.29, 0.717) is 18.7 Å². The summed E-state index contributed by atoms with van der Waals surface area (Å²) in [6.07, 6.45) is 2.32. The van der Waals surface area contributed by atoms with Crippen molar-refractivity contribution < 1.29 is 19.5 Å². The minimum absolute atomic E-state index is 0.0408. The third kappa shape index (κ3) is 4.35. The van der Waals surface area contributed by atoms with Gasteiger partial charge in [0.25, 0.3) is 11.8 Å². The summed E-state index contributed by atoms with van der Waals surface area (Å²) in [6.45, 7) is 8.05. The SMILES string of the molecule is CCCN1C(=O)/C(=C\c2cc(C)n(-c3ccc(C(=O)O)cc3C)c2C)C(=O)N(c2ccccc2)C1=S. The number of anilines is 1. The fraction of sp³-hybridized carbons (Fsp3) is 0.214. The maximum Gasteiger partial charge on any atom is 0.335 e. The molecule has 36 heavy (non-hydrogen) atoms. The summed E-state index contributed by atoms with van der Waals surface area (Å²) >= 11 is 5.56. The second-order valence-corrected chi connectivity index (χ2v) is 9.11. The monoisotopic (exact) mass is 501 g/mol. The van der Waals surface area contributed by atoms with Gasteiger partial charge in [0.15, 0.2) is 5.11 Å². The van der Waals surface area contributed by atoms with Gasteiger partial charge >= 0.3 is 5.97 Å². The topological polar surface area (TPSA) is 82.9 Å². The molecule has 0 atom stereocenters. The molecule has 7 nitrogen and oxygen atoms in total. The van der Waals surface area contributed by atoms with E-state index in [0.717, 1.165) is 28.2 Å². The number of rotatable bonds is 6. The van der Waals surface area contributed by atoms with Crippen LogP contribution in [0.1, 0.15) is 46.2 Å². The molecule has 0 aliphatic carbocycles. The van der Waals surface area contributed by atoms with Crippen LogP contribution in [0.3, 0.4) is 0 Å². The van der Waals surface area contributed by atoms with Gasteiger partial charge < -0.3 is 9.67 Å². The van der Waals surface area contributed by atoms with Gasteiger partial charge in [-0.2, -0.15) is 0 Å². The van der Waals surface area contributed by atoms with E-state index >= 15 is 0 Å². The van der Waals surface area contributed by atoms with Crippen LogP contribution in [0.2, 0.25) is 0 Å². The number of benzene rings is 2. The molecule has 1 aliphatic heterocycles. The van der Waals surface area contributed by atoms with Crippen LogP contribution in [0.4, 0.5) is 5.69 Å². The molecule has 8 heteroatoms. The molecule has 0 spiro atoms. The maximum absolute atomic E-state index is 13.6. The molecule has 4 rings (SSSR count). The van der Waals surface area contributed by atoms with E-state index in [-0.39, 0.29) is 16.2 Å². The van der Waals surface area contributed by atoms with Crippen molar-refractivity contribution in [1.29, 1.82) is 0 Å². The zero-order chi connectivity index (χ0) is 26.1. The number of carbonyl (C=O) groups excluding carboxylic acids is 2. The Hall–Kier alpha value is -4.04. The highest BCUT2D eigenvalue weighted by Crippen LogP contribution is 2.29. The predicted octanol–water partition coefficient (Wildman–Crippen LogP) is 5.05. The summed E-state index contributed by atoms with van der Waals surface area (Å²) in [6, 6.07) is 16.0. The lowest BCUT2D eigenvalue weighted by atomic mass is 10.1. The molecule has 1 aromatic heterocycles. The van der Waals surface area contributed by atoms with Crippen LogP contribution in [-0.2, 0) is 9.59 Å². The van der Waals surface area contributed by atoms with E-state index < -0.39 is 17.8 Å². The first-order chi connectivity index (χ1) is 17.1. The Morgan fingerprint density at radius 1 is 1.00 bits per heavy atom. The molecule has 0 radical (unpaired) electrons. The molecule has 0 bridgehead atoms. The quantitative estimate of drug-likeness (QED) is 0.290. The van der Waals surface area contributed by atoms with Crippen LogP contribution < -0.4 is 4.90 Å². The number of hydrogen-bond donors (Lipinski definition) is 1. The highest BCUT2D eigenvalue weighted by atomic mass is 32.1. The van der Waals surface area contributed by atoms with Gasteiger partial charge in [0, 0.05) is 23.6 Å². The molecular weight excluding hydrogens is 474 g/mol. The number of para-hydroxylation sites is 1. The van der Waals surface area contributed by atoms with Crippen LogP contribution in [0.5, 0.6) is 0 Å². The number of aryl methyl sites for hydroxylation is 2. The van der Waals surface area contributed by atoms with Crippen molar-refractivity contribution in [1.82, 2.24) is 9.47 Å². The standard InChI is InChI=1S/C28H27N3O4S/c1-5-13-29-25(32)23(26(33)31(28(29)36)22-9-7-6-8-10-22)16-21-15-18(3)30(19(21)4)24-12-11-20(27(34)35)14-17(24)2/h6-12,14-16H,5,13H2,1-4H3,(H,34,35)/b23-16+. The summed E-state index contributed by atoms with van der Waals surface area (Å²) in [5.41, 5.74) is 4.94. The van der Waals surface area contributed by atoms with E-state index in [9.17, 15) is 19.5 Å². The van der Waals surface area contributed by atoms with E-state index in [1.807, 2.05) is 56.5 Å². The molecule has 0 unspecified atom stereocenters. The summed E-state index contributed by atoms with van der Waals surface area (Å²) < 4.78 is 1.99. The molecular formula is C28H27N3O4S. The fourth-order valence-corrected chi connectivity index (χ4v) is 4.86. The Balaban J connectivity index is 1.82. The summed E-state index contributed by atoms with van der Waals surface area (Å²) in [5.74, 6) is -1.86. The molecule has 1 N–H and O–H groups in total. The highest BCUT2D eigenvalue weighted by Gasteiger charge is 2.40. The molecule has 3 aromatic rings. The number of hydrogen-bond acceptors (Lipinski definition) is 4. The smallest absolute Gasteiger partial charge is 0.335 e. The van der Waals surface area contributed by atoms with Crippen LogP contribution in [0.25, 0.3) is 11.8 Å². The first-order valence-corrected chi connectivity index (χ1v) is 12.1. The maximum atomic E-state index is 13.6. The second-order valence-electron chi connectivity index (χ2n) is 8.74. The van der Waals surface area contributed by atoms with Crippen molar-refractivity contribution in [2.75, 3.05) is 11.4 Å². The van der Waals surface area contributed by atoms with E-state index in [4.69, 9.17) is 12.2 Å². The van der Waals surface area contributed by atoms with Gasteiger partial charge in [-0.25, -0.2) is 4.79 Å². The van der Waals surface area contributed by atoms with Crippen molar-refractivity contribution >= 4 is 46.9 Å². The largest absolute Gasteiger partial charge is 0.478 e. The lowest BCUT2D eigenvalue weighted by Gasteiger charge is -2.36. The van der Waals surface area contributed by atoms with Gasteiger partial charge in [0.05, 0.1) is 11.3 Å². The number of aromatic carboxylic acids is 1. The molecule has 2 heterocycles. The molecule has 0 saturated carbocycles. The Bertz CT molecular complexity index is 1420. The van der Waals surface area contributed by atoms with Gasteiger partial charge in [-0.05, 0) is 93.0 Å². The number of nitrogens with zero attached hydrogens (tertiary/aromatic N) is 3. The lowest BCUT2D eigenvalue weighted by molar-refractivity contribution is -0.127. The third-order valence-electron chi connectivity index (χ3n) is 6.25. The highest BCUT2D eigenvalue weighted by molar-refractivity contribution is 7.80. The van der Waals surface area contributed by atoms with Gasteiger partial charge in [-0.1, -0.05) is 25.1 Å². The van der Waals surface area contributed by atoms with Crippen molar-refractivity contribution in [2.24, 2.45) is 0 Å². The second kappa shape index (κ2) is 9.91. The number of thiocarbonyl (C=S) groups is 1. The Morgan fingerprint density at radius 2 is 1.69 bits per heavy atom. The first kappa shape index (κ1) is 25.1. The van der Waals surface area contributed by atoms with Gasteiger partial charge in [0.2, 0.25) is 0 Å². The predicted molar refractivity (Wildman–Crippen MR) is 143 cm³/mol. The minimum Gasteiger partial charge on any atom is -0.478 e. The summed E-state index contributed by atoms with van der Waals surface area (Å²) in [4.78, 5) is 41.2. The summed E-state index contributed by atoms with van der Waals surface area (Å²) in [5, 5.41) is 9.48. The molecule has 1 saturated heterocycles. The molecule has 2 amide bonds. The average Bonchev–Trinajstić information content (AvgIpc) is 3.12. The molecule has 184 valence electrons. The summed E-state index contributed by atoms with van der Waals surface area (Å²) in [7, 11) is 0. The van der Waals surface area contributed by atoms with Crippen LogP contribution in [-0.4, -0.2) is 44.0 Å².